The van der Waals surface area contributed by atoms with Gasteiger partial charge in [0.25, 0.3) is 0 Å². The normalized spacial score (nSPS) is 41.0. The van der Waals surface area contributed by atoms with Gasteiger partial charge in [-0.3, -0.25) is 4.79 Å². The fourth-order valence-corrected chi connectivity index (χ4v) is 2.79. The van der Waals surface area contributed by atoms with E-state index < -0.39 is 0 Å². The largest absolute Gasteiger partial charge is 0.303 e. The predicted octanol–water partition coefficient (Wildman–Crippen LogP) is 1.58. The average molecular weight is 166 g/mol. The number of aldehydes is 1. The minimum Gasteiger partial charge on any atom is -0.303 e. The van der Waals surface area contributed by atoms with Gasteiger partial charge in [0.15, 0.2) is 0 Å². The van der Waals surface area contributed by atoms with Crippen LogP contribution in [0.3, 0.4) is 0 Å². The molecule has 0 aliphatic heterocycles. The zero-order valence-corrected chi connectivity index (χ0v) is 7.16. The highest BCUT2D eigenvalue weighted by molar-refractivity contribution is 5.80. The average Bonchev–Trinajstić information content (AvgIpc) is 2.02. The first kappa shape index (κ1) is 7.96. The highest BCUT2D eigenvalue weighted by Gasteiger charge is 2.34. The van der Waals surface area contributed by atoms with Crippen LogP contribution < -0.4 is 0 Å². The molecule has 2 heteroatoms. The molecule has 2 rings (SSSR count). The number of ketones is 1. The molecule has 2 nitrogen and oxygen atoms in total. The number of rotatable bonds is 1. The molecule has 2 aliphatic rings. The number of carbonyl (C=O) groups is 2. The molecule has 0 aromatic carbocycles. The Hall–Kier alpha value is -0.660. The Morgan fingerprint density at radius 3 is 2.17 bits per heavy atom. The highest BCUT2D eigenvalue weighted by atomic mass is 16.1. The first-order valence-corrected chi connectivity index (χ1v) is 4.75. The molecule has 2 bridgehead atoms. The molecule has 0 amide bonds. The molecule has 0 saturated heterocycles. The third-order valence-corrected chi connectivity index (χ3v) is 3.16. The van der Waals surface area contributed by atoms with Crippen molar-refractivity contribution in [2.75, 3.05) is 0 Å². The van der Waals surface area contributed by atoms with E-state index in [9.17, 15) is 9.59 Å². The summed E-state index contributed by atoms with van der Waals surface area (Å²) in [5.41, 5.74) is 0. The van der Waals surface area contributed by atoms with Crippen LogP contribution >= 0.6 is 0 Å². The van der Waals surface area contributed by atoms with Crippen LogP contribution in [0.25, 0.3) is 0 Å². The van der Waals surface area contributed by atoms with Crippen LogP contribution in [0.1, 0.15) is 32.1 Å². The van der Waals surface area contributed by atoms with Gasteiger partial charge in [-0.15, -0.1) is 0 Å². The molecule has 2 aliphatic carbocycles. The molecular formula is C10H14O2. The smallest absolute Gasteiger partial charge is 0.133 e. The van der Waals surface area contributed by atoms with Gasteiger partial charge in [-0.25, -0.2) is 0 Å². The summed E-state index contributed by atoms with van der Waals surface area (Å²) in [6, 6.07) is 0. The summed E-state index contributed by atoms with van der Waals surface area (Å²) in [7, 11) is 0. The maximum Gasteiger partial charge on any atom is 0.133 e. The zero-order valence-electron chi connectivity index (χ0n) is 7.16. The summed E-state index contributed by atoms with van der Waals surface area (Å²) in [5.74, 6) is 1.72. The summed E-state index contributed by atoms with van der Waals surface area (Å²) >= 11 is 0. The van der Waals surface area contributed by atoms with Gasteiger partial charge in [0.05, 0.1) is 0 Å². The molecule has 0 aromatic heterocycles. The Balaban J connectivity index is 2.05. The van der Waals surface area contributed by atoms with Gasteiger partial charge in [-0.1, -0.05) is 0 Å². The summed E-state index contributed by atoms with van der Waals surface area (Å²) in [5, 5.41) is 0. The monoisotopic (exact) mass is 166 g/mol. The Morgan fingerprint density at radius 1 is 1.08 bits per heavy atom. The van der Waals surface area contributed by atoms with Crippen LogP contribution in [0.4, 0.5) is 0 Å². The van der Waals surface area contributed by atoms with Crippen molar-refractivity contribution in [2.24, 2.45) is 17.8 Å². The summed E-state index contributed by atoms with van der Waals surface area (Å²) in [6.45, 7) is 0. The standard InChI is InChI=1S/C10H14O2/c11-6-9-2-7-1-8(3-9)5-10(12)4-7/h6-9H,1-5H2/t7-,8+,9?. The maximum atomic E-state index is 11.2. The lowest BCUT2D eigenvalue weighted by atomic mass is 9.68. The molecule has 1 unspecified atom stereocenters. The van der Waals surface area contributed by atoms with E-state index >= 15 is 0 Å². The summed E-state index contributed by atoms with van der Waals surface area (Å²) in [6.07, 6.45) is 5.67. The highest BCUT2D eigenvalue weighted by Crippen LogP contribution is 2.40. The number of hydrogen-bond donors (Lipinski definition) is 0. The summed E-state index contributed by atoms with van der Waals surface area (Å²) < 4.78 is 0. The third kappa shape index (κ3) is 1.43. The second kappa shape index (κ2) is 3.00. The molecular weight excluding hydrogens is 152 g/mol. The van der Waals surface area contributed by atoms with Crippen LogP contribution in [-0.2, 0) is 9.59 Å². The number of fused-ring (bicyclic) bond motifs is 2. The molecule has 3 atom stereocenters. The van der Waals surface area contributed by atoms with Gasteiger partial charge in [-0.05, 0) is 31.1 Å². The molecule has 66 valence electrons. The van der Waals surface area contributed by atoms with Crippen molar-refractivity contribution >= 4 is 12.1 Å². The lowest BCUT2D eigenvalue weighted by Crippen LogP contribution is -2.31. The van der Waals surface area contributed by atoms with E-state index in [0.717, 1.165) is 32.0 Å². The quantitative estimate of drug-likeness (QED) is 0.554. The third-order valence-electron chi connectivity index (χ3n) is 3.16. The minimum atomic E-state index is 0.252. The van der Waals surface area contributed by atoms with Gasteiger partial charge in [0.2, 0.25) is 0 Å². The zero-order chi connectivity index (χ0) is 8.55. The first-order valence-electron chi connectivity index (χ1n) is 4.75. The minimum absolute atomic E-state index is 0.252. The van der Waals surface area contributed by atoms with Crippen LogP contribution in [0.2, 0.25) is 0 Å². The fraction of sp³-hybridized carbons (Fsp3) is 0.800. The van der Waals surface area contributed by atoms with Crippen molar-refractivity contribution in [3.8, 4) is 0 Å². The van der Waals surface area contributed by atoms with Crippen molar-refractivity contribution in [1.82, 2.24) is 0 Å². The van der Waals surface area contributed by atoms with E-state index in [1.165, 1.54) is 6.42 Å². The van der Waals surface area contributed by atoms with Crippen LogP contribution in [0.15, 0.2) is 0 Å². The van der Waals surface area contributed by atoms with E-state index in [0.29, 0.717) is 17.6 Å². The van der Waals surface area contributed by atoms with Gasteiger partial charge >= 0.3 is 0 Å². The van der Waals surface area contributed by atoms with Gasteiger partial charge in [-0.2, -0.15) is 0 Å². The van der Waals surface area contributed by atoms with Gasteiger partial charge in [0.1, 0.15) is 12.1 Å². The lowest BCUT2D eigenvalue weighted by Gasteiger charge is -2.36. The number of hydrogen-bond acceptors (Lipinski definition) is 2. The van der Waals surface area contributed by atoms with Crippen molar-refractivity contribution in [3.05, 3.63) is 0 Å². The molecule has 0 heterocycles. The molecule has 2 saturated carbocycles. The number of Topliss-reactive ketones (excluding diaryl/α,β-unsaturated/α-hetero) is 1. The Kier molecular flexibility index (Phi) is 1.99. The predicted molar refractivity (Wildman–Crippen MR) is 44.6 cm³/mol. The van der Waals surface area contributed by atoms with Gasteiger partial charge < -0.3 is 4.79 Å². The lowest BCUT2D eigenvalue weighted by molar-refractivity contribution is -0.126. The molecule has 12 heavy (non-hydrogen) atoms. The molecule has 0 radical (unpaired) electrons. The molecule has 0 N–H and O–H groups in total. The van der Waals surface area contributed by atoms with Crippen molar-refractivity contribution in [3.63, 3.8) is 0 Å². The fourth-order valence-electron chi connectivity index (χ4n) is 2.79. The van der Waals surface area contributed by atoms with Gasteiger partial charge in [0, 0.05) is 18.8 Å². The van der Waals surface area contributed by atoms with E-state index in [1.807, 2.05) is 0 Å². The second-order valence-electron chi connectivity index (χ2n) is 4.28. The maximum absolute atomic E-state index is 11.2. The van der Waals surface area contributed by atoms with Crippen molar-refractivity contribution in [2.45, 2.75) is 32.1 Å². The van der Waals surface area contributed by atoms with E-state index in [4.69, 9.17) is 0 Å². The Labute approximate surface area is 72.3 Å². The van der Waals surface area contributed by atoms with E-state index in [1.54, 1.807) is 0 Å². The Morgan fingerprint density at radius 2 is 1.67 bits per heavy atom. The molecule has 0 aromatic rings. The number of carbonyl (C=O) groups excluding carboxylic acids is 2. The van der Waals surface area contributed by atoms with Crippen molar-refractivity contribution in [1.29, 1.82) is 0 Å². The van der Waals surface area contributed by atoms with Crippen LogP contribution in [0.5, 0.6) is 0 Å². The van der Waals surface area contributed by atoms with E-state index in [-0.39, 0.29) is 5.92 Å². The van der Waals surface area contributed by atoms with Crippen LogP contribution in [-0.4, -0.2) is 12.1 Å². The second-order valence-corrected chi connectivity index (χ2v) is 4.28. The molecule has 0 spiro atoms. The Bertz CT molecular complexity index is 194. The van der Waals surface area contributed by atoms with E-state index in [2.05, 4.69) is 0 Å². The van der Waals surface area contributed by atoms with Crippen molar-refractivity contribution < 1.29 is 9.59 Å². The summed E-state index contributed by atoms with van der Waals surface area (Å²) in [4.78, 5) is 21.8. The first-order chi connectivity index (χ1) is 5.78. The topological polar surface area (TPSA) is 34.1 Å². The van der Waals surface area contributed by atoms with Crippen LogP contribution in [0, 0.1) is 17.8 Å². The SMILES string of the molecule is O=CC1C[C@H]2CC(=O)C[C@@H](C1)C2. The molecule has 2 fully saturated rings.